The molecule has 4 aromatic heterocycles. The number of nitrogens with zero attached hydrogens (tertiary/aromatic N) is 5. The molecule has 0 amide bonds. The van der Waals surface area contributed by atoms with Crippen LogP contribution in [-0.2, 0) is 13.0 Å². The van der Waals surface area contributed by atoms with Gasteiger partial charge in [0.25, 0.3) is 0 Å². The van der Waals surface area contributed by atoms with E-state index in [1.54, 1.807) is 0 Å². The summed E-state index contributed by atoms with van der Waals surface area (Å²) in [5.74, 6) is 0. The molecule has 5 rings (SSSR count). The highest BCUT2D eigenvalue weighted by atomic mass is 15.2. The number of aromatic nitrogens is 4. The minimum Gasteiger partial charge on any atom is -0.299 e. The third-order valence-electron chi connectivity index (χ3n) is 5.65. The highest BCUT2D eigenvalue weighted by molar-refractivity contribution is 5.66. The van der Waals surface area contributed by atoms with Gasteiger partial charge in [0.1, 0.15) is 5.65 Å². The first-order valence-corrected chi connectivity index (χ1v) is 9.81. The second kappa shape index (κ2) is 7.17. The van der Waals surface area contributed by atoms with Crippen LogP contribution in [0.1, 0.15) is 35.8 Å². The van der Waals surface area contributed by atoms with Crippen LogP contribution in [-0.4, -0.2) is 31.3 Å². The fourth-order valence-corrected chi connectivity index (χ4v) is 4.33. The quantitative estimate of drug-likeness (QED) is 0.538. The van der Waals surface area contributed by atoms with Crippen molar-refractivity contribution in [1.82, 2.24) is 24.3 Å². The Labute approximate surface area is 164 Å². The summed E-state index contributed by atoms with van der Waals surface area (Å²) in [7, 11) is 2.19. The molecular weight excluding hydrogens is 346 g/mol. The summed E-state index contributed by atoms with van der Waals surface area (Å²) in [5, 5.41) is 0. The molecule has 5 nitrogen and oxygen atoms in total. The molecule has 1 atom stereocenters. The number of rotatable bonds is 4. The fourth-order valence-electron chi connectivity index (χ4n) is 4.33. The monoisotopic (exact) mass is 369 g/mol. The first-order chi connectivity index (χ1) is 13.8. The largest absolute Gasteiger partial charge is 0.299 e. The summed E-state index contributed by atoms with van der Waals surface area (Å²) in [6.07, 6.45) is 11.1. The minimum atomic E-state index is 0.333. The van der Waals surface area contributed by atoms with Crippen molar-refractivity contribution < 1.29 is 0 Å². The molecule has 0 aromatic carbocycles. The van der Waals surface area contributed by atoms with E-state index in [0.717, 1.165) is 42.0 Å². The maximum absolute atomic E-state index is 4.96. The summed E-state index contributed by atoms with van der Waals surface area (Å²) in [4.78, 5) is 16.2. The van der Waals surface area contributed by atoms with Crippen LogP contribution in [0.2, 0.25) is 0 Å². The topological polar surface area (TPSA) is 46.3 Å². The zero-order valence-corrected chi connectivity index (χ0v) is 16.0. The maximum atomic E-state index is 4.96. The van der Waals surface area contributed by atoms with Gasteiger partial charge in [-0.15, -0.1) is 0 Å². The molecule has 0 spiro atoms. The summed E-state index contributed by atoms with van der Waals surface area (Å²) in [6.45, 7) is 0.778. The first-order valence-electron chi connectivity index (χ1n) is 9.81. The molecule has 4 heterocycles. The lowest BCUT2D eigenvalue weighted by Gasteiger charge is -2.32. The summed E-state index contributed by atoms with van der Waals surface area (Å²) in [5.41, 5.74) is 6.95. The van der Waals surface area contributed by atoms with Crippen LogP contribution in [0, 0.1) is 0 Å². The third kappa shape index (κ3) is 2.98. The second-order valence-corrected chi connectivity index (χ2v) is 7.44. The lowest BCUT2D eigenvalue weighted by Crippen LogP contribution is -2.28. The van der Waals surface area contributed by atoms with Crippen LogP contribution in [0.25, 0.3) is 16.9 Å². The predicted octanol–water partition coefficient (Wildman–Crippen LogP) is 4.30. The lowest BCUT2D eigenvalue weighted by molar-refractivity contribution is 0.207. The van der Waals surface area contributed by atoms with Crippen molar-refractivity contribution in [3.63, 3.8) is 0 Å². The molecule has 4 aromatic rings. The van der Waals surface area contributed by atoms with Crippen molar-refractivity contribution in [2.75, 3.05) is 7.05 Å². The molecule has 0 radical (unpaired) electrons. The first kappa shape index (κ1) is 17.1. The highest BCUT2D eigenvalue weighted by Gasteiger charge is 2.26. The van der Waals surface area contributed by atoms with E-state index in [1.807, 2.05) is 36.8 Å². The third-order valence-corrected chi connectivity index (χ3v) is 5.65. The van der Waals surface area contributed by atoms with Gasteiger partial charge in [0.05, 0.1) is 23.1 Å². The molecule has 28 heavy (non-hydrogen) atoms. The normalized spacial score (nSPS) is 16.4. The van der Waals surface area contributed by atoms with Gasteiger partial charge < -0.3 is 0 Å². The van der Waals surface area contributed by atoms with E-state index in [4.69, 9.17) is 9.97 Å². The fraction of sp³-hybridized carbons (Fsp3) is 0.261. The summed E-state index contributed by atoms with van der Waals surface area (Å²) in [6, 6.07) is 14.8. The molecule has 0 unspecified atom stereocenters. The van der Waals surface area contributed by atoms with Gasteiger partial charge in [-0.3, -0.25) is 19.3 Å². The summed E-state index contributed by atoms with van der Waals surface area (Å²) >= 11 is 0. The Balaban J connectivity index is 1.54. The van der Waals surface area contributed by atoms with Crippen molar-refractivity contribution in [1.29, 1.82) is 0 Å². The van der Waals surface area contributed by atoms with E-state index in [9.17, 15) is 0 Å². The van der Waals surface area contributed by atoms with Gasteiger partial charge >= 0.3 is 0 Å². The predicted molar refractivity (Wildman–Crippen MR) is 110 cm³/mol. The SMILES string of the molecule is CN(Cc1nc2ccccn2c1-c1ccncc1)[C@H]1CCCc2cccnc21. The molecule has 0 fully saturated rings. The van der Waals surface area contributed by atoms with E-state index < -0.39 is 0 Å². The van der Waals surface area contributed by atoms with Gasteiger partial charge in [0.15, 0.2) is 0 Å². The van der Waals surface area contributed by atoms with Gasteiger partial charge in [0.2, 0.25) is 0 Å². The van der Waals surface area contributed by atoms with Crippen molar-refractivity contribution in [3.05, 3.63) is 84.2 Å². The highest BCUT2D eigenvalue weighted by Crippen LogP contribution is 2.34. The Morgan fingerprint density at radius 1 is 1.07 bits per heavy atom. The van der Waals surface area contributed by atoms with Crippen molar-refractivity contribution in [2.24, 2.45) is 0 Å². The number of pyridine rings is 3. The number of hydrogen-bond donors (Lipinski definition) is 0. The number of fused-ring (bicyclic) bond motifs is 2. The summed E-state index contributed by atoms with van der Waals surface area (Å²) < 4.78 is 2.17. The Bertz CT molecular complexity index is 1100. The van der Waals surface area contributed by atoms with Crippen LogP contribution in [0.3, 0.4) is 0 Å². The lowest BCUT2D eigenvalue weighted by atomic mass is 9.91. The van der Waals surface area contributed by atoms with Crippen LogP contribution in [0.15, 0.2) is 67.3 Å². The molecule has 1 aliphatic rings. The number of aryl methyl sites for hydroxylation is 1. The van der Waals surface area contributed by atoms with E-state index in [2.05, 4.69) is 51.8 Å². The second-order valence-electron chi connectivity index (χ2n) is 7.44. The van der Waals surface area contributed by atoms with Gasteiger partial charge in [-0.1, -0.05) is 12.1 Å². The van der Waals surface area contributed by atoms with Gasteiger partial charge in [-0.05, 0) is 62.2 Å². The van der Waals surface area contributed by atoms with Gasteiger partial charge in [0, 0.05) is 36.9 Å². The zero-order valence-electron chi connectivity index (χ0n) is 16.0. The Morgan fingerprint density at radius 2 is 1.96 bits per heavy atom. The Kier molecular flexibility index (Phi) is 4.37. The standard InChI is InChI=1S/C23H23N5/c1-27(20-8-4-6-17-7-5-12-25-22(17)20)16-19-23(18-10-13-24-14-11-18)28-15-3-2-9-21(28)26-19/h2-3,5,7,9-15,20H,4,6,8,16H2,1H3/t20-/m0/s1. The Morgan fingerprint density at radius 3 is 2.86 bits per heavy atom. The average molecular weight is 369 g/mol. The molecule has 0 saturated heterocycles. The molecular formula is C23H23N5. The maximum Gasteiger partial charge on any atom is 0.137 e. The molecule has 140 valence electrons. The molecule has 0 bridgehead atoms. The average Bonchev–Trinajstić information content (AvgIpc) is 3.11. The molecule has 5 heteroatoms. The number of hydrogen-bond acceptors (Lipinski definition) is 4. The Hall–Kier alpha value is -3.05. The van der Waals surface area contributed by atoms with Crippen LogP contribution < -0.4 is 0 Å². The molecule has 0 N–H and O–H groups in total. The van der Waals surface area contributed by atoms with E-state index in [1.165, 1.54) is 17.7 Å². The molecule has 0 saturated carbocycles. The van der Waals surface area contributed by atoms with Crippen molar-refractivity contribution in [2.45, 2.75) is 31.8 Å². The van der Waals surface area contributed by atoms with Crippen LogP contribution in [0.4, 0.5) is 0 Å². The van der Waals surface area contributed by atoms with E-state index >= 15 is 0 Å². The molecule has 1 aliphatic carbocycles. The van der Waals surface area contributed by atoms with Crippen molar-refractivity contribution in [3.8, 4) is 11.3 Å². The molecule has 0 aliphatic heterocycles. The van der Waals surface area contributed by atoms with Crippen molar-refractivity contribution >= 4 is 5.65 Å². The zero-order chi connectivity index (χ0) is 18.9. The van der Waals surface area contributed by atoms with E-state index in [-0.39, 0.29) is 0 Å². The van der Waals surface area contributed by atoms with Crippen LogP contribution in [0.5, 0.6) is 0 Å². The smallest absolute Gasteiger partial charge is 0.137 e. The van der Waals surface area contributed by atoms with E-state index in [0.29, 0.717) is 6.04 Å². The number of imidazole rings is 1. The van der Waals surface area contributed by atoms with Gasteiger partial charge in [-0.25, -0.2) is 4.98 Å². The van der Waals surface area contributed by atoms with Crippen LogP contribution >= 0.6 is 0 Å². The minimum absolute atomic E-state index is 0.333. The van der Waals surface area contributed by atoms with Gasteiger partial charge in [-0.2, -0.15) is 0 Å².